The first-order valence-corrected chi connectivity index (χ1v) is 11.3. The van der Waals surface area contributed by atoms with E-state index in [9.17, 15) is 4.79 Å². The average molecular weight is 383 g/mol. The molecule has 4 bridgehead atoms. The van der Waals surface area contributed by atoms with Crippen LogP contribution in [0.3, 0.4) is 0 Å². The van der Waals surface area contributed by atoms with Gasteiger partial charge in [-0.25, -0.2) is 0 Å². The van der Waals surface area contributed by atoms with Gasteiger partial charge in [-0.1, -0.05) is 24.3 Å². The molecule has 1 aromatic carbocycles. The summed E-state index contributed by atoms with van der Waals surface area (Å²) in [5, 5.41) is 3.32. The van der Waals surface area contributed by atoms with Crippen molar-refractivity contribution in [3.63, 3.8) is 0 Å². The Bertz CT molecular complexity index is 696. The molecular formula is C24H34N2O2. The molecule has 4 aliphatic carbocycles. The van der Waals surface area contributed by atoms with Crippen LogP contribution >= 0.6 is 0 Å². The average Bonchev–Trinajstić information content (AvgIpc) is 2.65. The quantitative estimate of drug-likeness (QED) is 0.843. The predicted molar refractivity (Wildman–Crippen MR) is 110 cm³/mol. The van der Waals surface area contributed by atoms with Gasteiger partial charge in [-0.3, -0.25) is 9.69 Å². The van der Waals surface area contributed by atoms with Crippen LogP contribution in [0.2, 0.25) is 0 Å². The van der Waals surface area contributed by atoms with Gasteiger partial charge in [-0.2, -0.15) is 0 Å². The number of amides is 1. The molecule has 4 nitrogen and oxygen atoms in total. The van der Waals surface area contributed by atoms with Crippen molar-refractivity contribution in [1.82, 2.24) is 10.2 Å². The van der Waals surface area contributed by atoms with E-state index in [1.54, 1.807) is 0 Å². The second-order valence-electron chi connectivity index (χ2n) is 10.1. The van der Waals surface area contributed by atoms with Gasteiger partial charge in [0, 0.05) is 31.6 Å². The van der Waals surface area contributed by atoms with Crippen LogP contribution in [0.15, 0.2) is 24.3 Å². The van der Waals surface area contributed by atoms with Crippen LogP contribution in [-0.2, 0) is 22.6 Å². The molecule has 1 saturated heterocycles. The van der Waals surface area contributed by atoms with Crippen molar-refractivity contribution in [3.8, 4) is 0 Å². The summed E-state index contributed by atoms with van der Waals surface area (Å²) in [6, 6.07) is 8.74. The SMILES string of the molecule is C[C@H]1CN(Cc2cccc(CNC(=O)C34CC5CC(CC(C5)C3)C4)c2)CCO1. The molecule has 0 aromatic heterocycles. The predicted octanol–water partition coefficient (Wildman–Crippen LogP) is 3.74. The molecule has 1 heterocycles. The first-order chi connectivity index (χ1) is 13.6. The Balaban J connectivity index is 1.19. The van der Waals surface area contributed by atoms with Crippen molar-refractivity contribution in [2.45, 2.75) is 64.6 Å². The van der Waals surface area contributed by atoms with E-state index in [1.165, 1.54) is 30.4 Å². The number of nitrogens with zero attached hydrogens (tertiary/aromatic N) is 1. The van der Waals surface area contributed by atoms with Gasteiger partial charge >= 0.3 is 0 Å². The maximum absolute atomic E-state index is 13.2. The third-order valence-corrected chi connectivity index (χ3v) is 7.70. The largest absolute Gasteiger partial charge is 0.376 e. The van der Waals surface area contributed by atoms with Crippen LogP contribution in [0.5, 0.6) is 0 Å². The summed E-state index contributed by atoms with van der Waals surface area (Å²) in [4.78, 5) is 15.6. The van der Waals surface area contributed by atoms with Gasteiger partial charge in [0.15, 0.2) is 0 Å². The maximum Gasteiger partial charge on any atom is 0.226 e. The molecule has 1 aromatic rings. The fourth-order valence-electron chi connectivity index (χ4n) is 6.89. The van der Waals surface area contributed by atoms with Crippen molar-refractivity contribution in [2.75, 3.05) is 19.7 Å². The number of carbonyl (C=O) groups is 1. The summed E-state index contributed by atoms with van der Waals surface area (Å²) in [7, 11) is 0. The van der Waals surface area contributed by atoms with Crippen LogP contribution < -0.4 is 5.32 Å². The molecule has 0 radical (unpaired) electrons. The van der Waals surface area contributed by atoms with Crippen molar-refractivity contribution in [1.29, 1.82) is 0 Å². The zero-order valence-electron chi connectivity index (χ0n) is 17.2. The minimum absolute atomic E-state index is 0.0453. The highest BCUT2D eigenvalue weighted by Crippen LogP contribution is 2.60. The van der Waals surface area contributed by atoms with Crippen LogP contribution in [-0.4, -0.2) is 36.6 Å². The lowest BCUT2D eigenvalue weighted by molar-refractivity contribution is -0.146. The summed E-state index contributed by atoms with van der Waals surface area (Å²) in [5.74, 6) is 2.78. The van der Waals surface area contributed by atoms with Crippen molar-refractivity contribution in [2.24, 2.45) is 23.2 Å². The normalized spacial score (nSPS) is 37.2. The van der Waals surface area contributed by atoms with Gasteiger partial charge in [0.2, 0.25) is 5.91 Å². The van der Waals surface area contributed by atoms with Crippen LogP contribution in [0.1, 0.15) is 56.6 Å². The van der Waals surface area contributed by atoms with E-state index in [0.29, 0.717) is 18.6 Å². The lowest BCUT2D eigenvalue weighted by Gasteiger charge is -2.55. The zero-order valence-corrected chi connectivity index (χ0v) is 17.2. The van der Waals surface area contributed by atoms with Crippen LogP contribution in [0.25, 0.3) is 0 Å². The minimum Gasteiger partial charge on any atom is -0.376 e. The van der Waals surface area contributed by atoms with Crippen molar-refractivity contribution < 1.29 is 9.53 Å². The third-order valence-electron chi connectivity index (χ3n) is 7.70. The summed E-state index contributed by atoms with van der Waals surface area (Å²) in [6.07, 6.45) is 7.88. The van der Waals surface area contributed by atoms with Crippen molar-refractivity contribution >= 4 is 5.91 Å². The Kier molecular flexibility index (Phi) is 4.96. The molecule has 152 valence electrons. The molecular weight excluding hydrogens is 348 g/mol. The minimum atomic E-state index is -0.0453. The molecule has 28 heavy (non-hydrogen) atoms. The Morgan fingerprint density at radius 1 is 1.14 bits per heavy atom. The fourth-order valence-corrected chi connectivity index (χ4v) is 6.89. The highest BCUT2D eigenvalue weighted by Gasteiger charge is 2.54. The van der Waals surface area contributed by atoms with E-state index >= 15 is 0 Å². The molecule has 1 amide bonds. The van der Waals surface area contributed by atoms with Gasteiger partial charge in [0.1, 0.15) is 0 Å². The van der Waals surface area contributed by atoms with E-state index in [1.807, 2.05) is 0 Å². The number of carbonyl (C=O) groups excluding carboxylic acids is 1. The van der Waals surface area contributed by atoms with Gasteiger partial charge in [-0.15, -0.1) is 0 Å². The third kappa shape index (κ3) is 3.73. The Morgan fingerprint density at radius 3 is 2.50 bits per heavy atom. The van der Waals surface area contributed by atoms with Crippen LogP contribution in [0, 0.1) is 23.2 Å². The maximum atomic E-state index is 13.2. The van der Waals surface area contributed by atoms with E-state index in [2.05, 4.69) is 41.4 Å². The molecule has 0 unspecified atom stereocenters. The number of hydrogen-bond acceptors (Lipinski definition) is 3. The van der Waals surface area contributed by atoms with Gasteiger partial charge < -0.3 is 10.1 Å². The van der Waals surface area contributed by atoms with E-state index in [4.69, 9.17) is 4.74 Å². The smallest absolute Gasteiger partial charge is 0.226 e. The highest BCUT2D eigenvalue weighted by atomic mass is 16.5. The topological polar surface area (TPSA) is 41.6 Å². The second kappa shape index (κ2) is 7.46. The van der Waals surface area contributed by atoms with E-state index in [0.717, 1.165) is 63.3 Å². The molecule has 1 N–H and O–H groups in total. The molecule has 0 spiro atoms. The Labute approximate surface area is 169 Å². The summed E-state index contributed by atoms with van der Waals surface area (Å²) >= 11 is 0. The summed E-state index contributed by atoms with van der Waals surface area (Å²) in [5.41, 5.74) is 2.50. The number of nitrogens with one attached hydrogen (secondary N) is 1. The molecule has 5 fully saturated rings. The molecule has 6 rings (SSSR count). The lowest BCUT2D eigenvalue weighted by Crippen LogP contribution is -2.53. The lowest BCUT2D eigenvalue weighted by atomic mass is 9.49. The number of rotatable bonds is 5. The first-order valence-electron chi connectivity index (χ1n) is 11.3. The monoisotopic (exact) mass is 382 g/mol. The second-order valence-corrected chi connectivity index (χ2v) is 10.1. The Morgan fingerprint density at radius 2 is 1.82 bits per heavy atom. The van der Waals surface area contributed by atoms with Gasteiger partial charge in [-0.05, 0) is 74.3 Å². The zero-order chi connectivity index (χ0) is 19.1. The highest BCUT2D eigenvalue weighted by molar-refractivity contribution is 5.83. The number of hydrogen-bond donors (Lipinski definition) is 1. The molecule has 4 heteroatoms. The first kappa shape index (κ1) is 18.6. The molecule has 1 atom stereocenters. The number of ether oxygens (including phenoxy) is 1. The molecule has 1 aliphatic heterocycles. The van der Waals surface area contributed by atoms with Crippen molar-refractivity contribution in [3.05, 3.63) is 35.4 Å². The van der Waals surface area contributed by atoms with Crippen LogP contribution in [0.4, 0.5) is 0 Å². The summed E-state index contributed by atoms with van der Waals surface area (Å²) < 4.78 is 5.65. The standard InChI is InChI=1S/C24H34N2O2/c1-17-15-26(5-6-28-17)16-19-4-2-3-18(7-19)14-25-23(27)24-11-20-8-21(12-24)10-22(9-20)13-24/h2-4,7,17,20-22H,5-6,8-16H2,1H3,(H,25,27)/t17-,20?,21?,22?,24?/m0/s1. The Hall–Kier alpha value is -1.39. The van der Waals surface area contributed by atoms with E-state index < -0.39 is 0 Å². The van der Waals surface area contributed by atoms with E-state index in [-0.39, 0.29) is 5.41 Å². The van der Waals surface area contributed by atoms with Gasteiger partial charge in [0.05, 0.1) is 12.7 Å². The molecule has 5 aliphatic rings. The summed E-state index contributed by atoms with van der Waals surface area (Å²) in [6.45, 7) is 6.58. The number of morpholine rings is 1. The fraction of sp³-hybridized carbons (Fsp3) is 0.708. The van der Waals surface area contributed by atoms with Gasteiger partial charge in [0.25, 0.3) is 0 Å². The number of benzene rings is 1. The molecule has 4 saturated carbocycles.